The molecule has 5 heteroatoms. The van der Waals surface area contributed by atoms with Crippen LogP contribution in [0.2, 0.25) is 0 Å². The fourth-order valence-corrected chi connectivity index (χ4v) is 3.63. The van der Waals surface area contributed by atoms with Crippen LogP contribution in [0.15, 0.2) is 30.3 Å². The van der Waals surface area contributed by atoms with Gasteiger partial charge in [-0.1, -0.05) is 30.3 Å². The summed E-state index contributed by atoms with van der Waals surface area (Å²) >= 11 is 1.67. The smallest absolute Gasteiger partial charge is 0.234 e. The third-order valence-corrected chi connectivity index (χ3v) is 4.92. The summed E-state index contributed by atoms with van der Waals surface area (Å²) in [6, 6.07) is 10.2. The molecule has 0 aliphatic carbocycles. The van der Waals surface area contributed by atoms with Crippen molar-refractivity contribution in [1.82, 2.24) is 9.80 Å². The summed E-state index contributed by atoms with van der Waals surface area (Å²) in [5, 5.41) is 0. The number of carbonyl (C=O) groups is 2. The van der Waals surface area contributed by atoms with E-state index < -0.39 is 0 Å². The molecule has 112 valence electrons. The van der Waals surface area contributed by atoms with Gasteiger partial charge < -0.3 is 0 Å². The van der Waals surface area contributed by atoms with E-state index in [0.29, 0.717) is 19.6 Å². The number of imide groups is 1. The lowest BCUT2D eigenvalue weighted by Gasteiger charge is -2.20. The Morgan fingerprint density at radius 3 is 2.29 bits per heavy atom. The van der Waals surface area contributed by atoms with E-state index in [2.05, 4.69) is 17.0 Å². The molecular weight excluding hydrogens is 284 g/mol. The monoisotopic (exact) mass is 304 g/mol. The van der Waals surface area contributed by atoms with Gasteiger partial charge in [0.15, 0.2) is 0 Å². The molecule has 0 unspecified atom stereocenters. The van der Waals surface area contributed by atoms with Gasteiger partial charge in [-0.2, -0.15) is 11.8 Å². The van der Waals surface area contributed by atoms with E-state index in [1.54, 1.807) is 11.8 Å². The third kappa shape index (κ3) is 2.85. The fourth-order valence-electron chi connectivity index (χ4n) is 3.27. The first-order valence-corrected chi connectivity index (χ1v) is 8.70. The summed E-state index contributed by atoms with van der Waals surface area (Å²) in [6.07, 6.45) is 1.99. The number of likely N-dealkylation sites (tertiary alicyclic amines) is 2. The van der Waals surface area contributed by atoms with Gasteiger partial charge in [0.25, 0.3) is 0 Å². The van der Waals surface area contributed by atoms with Crippen molar-refractivity contribution in [1.29, 1.82) is 0 Å². The lowest BCUT2D eigenvalue weighted by Crippen LogP contribution is -2.37. The molecule has 21 heavy (non-hydrogen) atoms. The van der Waals surface area contributed by atoms with E-state index in [-0.39, 0.29) is 23.7 Å². The Kier molecular flexibility index (Phi) is 4.31. The number of amides is 2. The highest BCUT2D eigenvalue weighted by molar-refractivity contribution is 7.98. The third-order valence-electron chi connectivity index (χ3n) is 4.33. The maximum Gasteiger partial charge on any atom is 0.234 e. The molecule has 2 atom stereocenters. The molecule has 3 rings (SSSR count). The largest absolute Gasteiger partial charge is 0.297 e. The minimum absolute atomic E-state index is 0.0367. The summed E-state index contributed by atoms with van der Waals surface area (Å²) in [4.78, 5) is 28.4. The maximum atomic E-state index is 12.4. The van der Waals surface area contributed by atoms with Gasteiger partial charge in [-0.25, -0.2) is 0 Å². The second kappa shape index (κ2) is 6.20. The molecule has 2 fully saturated rings. The second-order valence-corrected chi connectivity index (χ2v) is 6.70. The van der Waals surface area contributed by atoms with Crippen molar-refractivity contribution >= 4 is 23.6 Å². The topological polar surface area (TPSA) is 40.6 Å². The highest BCUT2D eigenvalue weighted by Gasteiger charge is 2.51. The van der Waals surface area contributed by atoms with Crippen LogP contribution in [0.25, 0.3) is 0 Å². The van der Waals surface area contributed by atoms with Gasteiger partial charge in [-0.15, -0.1) is 0 Å². The van der Waals surface area contributed by atoms with Crippen LogP contribution in [-0.2, 0) is 16.1 Å². The average Bonchev–Trinajstić information content (AvgIpc) is 2.99. The van der Waals surface area contributed by atoms with Crippen molar-refractivity contribution in [3.63, 3.8) is 0 Å². The Hall–Kier alpha value is -1.33. The maximum absolute atomic E-state index is 12.4. The van der Waals surface area contributed by atoms with E-state index in [1.165, 1.54) is 10.5 Å². The van der Waals surface area contributed by atoms with E-state index in [0.717, 1.165) is 12.3 Å². The van der Waals surface area contributed by atoms with Crippen molar-refractivity contribution in [3.8, 4) is 0 Å². The van der Waals surface area contributed by atoms with Crippen LogP contribution in [0.5, 0.6) is 0 Å². The molecule has 0 radical (unpaired) electrons. The molecule has 4 nitrogen and oxygen atoms in total. The first-order valence-electron chi connectivity index (χ1n) is 7.31. The molecule has 0 bridgehead atoms. The number of benzene rings is 1. The summed E-state index contributed by atoms with van der Waals surface area (Å²) in [7, 11) is 0. The van der Waals surface area contributed by atoms with Crippen molar-refractivity contribution in [3.05, 3.63) is 35.9 Å². The Balaban J connectivity index is 1.63. The second-order valence-electron chi connectivity index (χ2n) is 5.71. The molecule has 1 aromatic rings. The molecule has 0 N–H and O–H groups in total. The van der Waals surface area contributed by atoms with Crippen LogP contribution >= 0.6 is 11.8 Å². The number of nitrogens with zero attached hydrogens (tertiary/aromatic N) is 2. The number of hydrogen-bond acceptors (Lipinski definition) is 4. The summed E-state index contributed by atoms with van der Waals surface area (Å²) in [5.74, 6) is 0.653. The molecule has 2 saturated heterocycles. The van der Waals surface area contributed by atoms with E-state index in [9.17, 15) is 9.59 Å². The molecule has 2 heterocycles. The Morgan fingerprint density at radius 1 is 1.10 bits per heavy atom. The number of thioether (sulfide) groups is 1. The molecule has 2 amide bonds. The number of hydrogen-bond donors (Lipinski definition) is 0. The lowest BCUT2D eigenvalue weighted by molar-refractivity contribution is -0.140. The molecule has 2 aliphatic heterocycles. The quantitative estimate of drug-likeness (QED) is 0.772. The minimum Gasteiger partial charge on any atom is -0.297 e. The van der Waals surface area contributed by atoms with Gasteiger partial charge in [-0.3, -0.25) is 19.4 Å². The number of carbonyl (C=O) groups excluding carboxylic acids is 2. The normalized spacial score (nSPS) is 25.7. The van der Waals surface area contributed by atoms with Gasteiger partial charge in [-0.05, 0) is 11.8 Å². The van der Waals surface area contributed by atoms with Crippen molar-refractivity contribution in [2.75, 3.05) is 31.6 Å². The Labute approximate surface area is 129 Å². The minimum atomic E-state index is -0.122. The average molecular weight is 304 g/mol. The van der Waals surface area contributed by atoms with E-state index in [1.807, 2.05) is 24.5 Å². The number of rotatable bonds is 5. The Morgan fingerprint density at radius 2 is 1.71 bits per heavy atom. The summed E-state index contributed by atoms with van der Waals surface area (Å²) in [6.45, 7) is 2.80. The predicted octanol–water partition coefficient (Wildman–Crippen LogP) is 1.47. The first-order chi connectivity index (χ1) is 10.2. The van der Waals surface area contributed by atoms with Crippen molar-refractivity contribution in [2.24, 2.45) is 11.8 Å². The SMILES string of the molecule is CSCCN1C(=O)[C@H]2CN(Cc3ccccc3)C[C@H]2C1=O. The van der Waals surface area contributed by atoms with Crippen LogP contribution in [-0.4, -0.2) is 53.3 Å². The van der Waals surface area contributed by atoms with E-state index >= 15 is 0 Å². The zero-order chi connectivity index (χ0) is 14.8. The lowest BCUT2D eigenvalue weighted by atomic mass is 10.00. The summed E-state index contributed by atoms with van der Waals surface area (Å²) in [5.41, 5.74) is 1.23. The zero-order valence-electron chi connectivity index (χ0n) is 12.2. The van der Waals surface area contributed by atoms with E-state index in [4.69, 9.17) is 0 Å². The molecule has 2 aliphatic rings. The van der Waals surface area contributed by atoms with Gasteiger partial charge in [0.2, 0.25) is 11.8 Å². The van der Waals surface area contributed by atoms with Crippen LogP contribution in [0.3, 0.4) is 0 Å². The molecule has 0 spiro atoms. The van der Waals surface area contributed by atoms with Crippen LogP contribution in [0, 0.1) is 11.8 Å². The van der Waals surface area contributed by atoms with Gasteiger partial charge in [0.1, 0.15) is 0 Å². The first kappa shape index (κ1) is 14.6. The van der Waals surface area contributed by atoms with Crippen LogP contribution < -0.4 is 0 Å². The molecular formula is C16H20N2O2S. The highest BCUT2D eigenvalue weighted by atomic mass is 32.2. The fraction of sp³-hybridized carbons (Fsp3) is 0.500. The van der Waals surface area contributed by atoms with Crippen LogP contribution in [0.1, 0.15) is 5.56 Å². The van der Waals surface area contributed by atoms with Crippen molar-refractivity contribution in [2.45, 2.75) is 6.54 Å². The number of fused-ring (bicyclic) bond motifs is 1. The van der Waals surface area contributed by atoms with Crippen LogP contribution in [0.4, 0.5) is 0 Å². The van der Waals surface area contributed by atoms with Crippen molar-refractivity contribution < 1.29 is 9.59 Å². The van der Waals surface area contributed by atoms with Gasteiger partial charge in [0, 0.05) is 31.9 Å². The molecule has 0 saturated carbocycles. The molecule has 0 aromatic heterocycles. The van der Waals surface area contributed by atoms with Gasteiger partial charge in [0.05, 0.1) is 11.8 Å². The molecule has 1 aromatic carbocycles. The predicted molar refractivity (Wildman–Crippen MR) is 83.8 cm³/mol. The zero-order valence-corrected chi connectivity index (χ0v) is 13.0. The standard InChI is InChI=1S/C16H20N2O2S/c1-21-8-7-18-15(19)13-10-17(11-14(13)16(18)20)9-12-5-3-2-4-6-12/h2-6,13-14H,7-11H2,1H3/t13-,14+. The van der Waals surface area contributed by atoms with Gasteiger partial charge >= 0.3 is 0 Å². The Bertz CT molecular complexity index is 510. The summed E-state index contributed by atoms with van der Waals surface area (Å²) < 4.78 is 0. The highest BCUT2D eigenvalue weighted by Crippen LogP contribution is 2.34.